The quantitative estimate of drug-likeness (QED) is 0.557. The molecular formula is C8H15NO3. The highest BCUT2D eigenvalue weighted by molar-refractivity contribution is 5.79. The number of piperidine rings is 1. The summed E-state index contributed by atoms with van der Waals surface area (Å²) in [5.41, 5.74) is 0. The molecule has 1 saturated heterocycles. The Kier molecular flexibility index (Phi) is 5.28. The molecule has 1 rings (SSSR count). The molecule has 70 valence electrons. The van der Waals surface area contributed by atoms with Crippen molar-refractivity contribution in [1.82, 2.24) is 5.32 Å². The minimum Gasteiger partial charge on any atom is -0.481 e. The van der Waals surface area contributed by atoms with Crippen LogP contribution in [0.4, 0.5) is 0 Å². The van der Waals surface area contributed by atoms with Crippen LogP contribution in [0.15, 0.2) is 0 Å². The van der Waals surface area contributed by atoms with Gasteiger partial charge < -0.3 is 10.4 Å². The highest BCUT2D eigenvalue weighted by atomic mass is 16.4. The maximum atomic E-state index is 10.6. The van der Waals surface area contributed by atoms with E-state index in [0.29, 0.717) is 11.8 Å². The van der Waals surface area contributed by atoms with Gasteiger partial charge in [0.15, 0.2) is 0 Å². The fourth-order valence-corrected chi connectivity index (χ4v) is 0.974. The molecule has 0 aromatic heterocycles. The molecule has 0 spiro atoms. The van der Waals surface area contributed by atoms with Gasteiger partial charge in [0.25, 0.3) is 5.97 Å². The first-order valence-electron chi connectivity index (χ1n) is 3.97. The molecule has 1 aliphatic rings. The van der Waals surface area contributed by atoms with E-state index in [4.69, 9.17) is 9.90 Å². The first-order valence-corrected chi connectivity index (χ1v) is 3.97. The zero-order valence-electron chi connectivity index (χ0n) is 7.46. The molecule has 1 heterocycles. The van der Waals surface area contributed by atoms with E-state index >= 15 is 0 Å². The van der Waals surface area contributed by atoms with Crippen molar-refractivity contribution in [2.45, 2.75) is 32.7 Å². The minimum atomic E-state index is -0.833. The third-order valence-corrected chi connectivity index (χ3v) is 1.43. The molecule has 0 bridgehead atoms. The van der Waals surface area contributed by atoms with E-state index in [9.17, 15) is 4.79 Å². The van der Waals surface area contributed by atoms with E-state index in [0.717, 1.165) is 26.3 Å². The molecule has 0 aliphatic carbocycles. The number of carboxylic acids is 1. The summed E-state index contributed by atoms with van der Waals surface area (Å²) in [5, 5.41) is 10.6. The molecule has 12 heavy (non-hydrogen) atoms. The number of carboxylic acid groups (broad SMARTS) is 1. The van der Waals surface area contributed by atoms with E-state index in [1.165, 1.54) is 0 Å². The van der Waals surface area contributed by atoms with Crippen molar-refractivity contribution in [3.05, 3.63) is 0 Å². The molecule has 0 unspecified atom stereocenters. The summed E-state index contributed by atoms with van der Waals surface area (Å²) in [6.45, 7) is 4.00. The Morgan fingerprint density at radius 2 is 2.17 bits per heavy atom. The van der Waals surface area contributed by atoms with Gasteiger partial charge in [-0.25, -0.2) is 0 Å². The molecule has 1 fully saturated rings. The predicted molar refractivity (Wildman–Crippen MR) is 45.0 cm³/mol. The summed E-state index contributed by atoms with van der Waals surface area (Å²) in [6.07, 6.45) is 1.45. The van der Waals surface area contributed by atoms with Gasteiger partial charge in [0.1, 0.15) is 5.78 Å². The maximum absolute atomic E-state index is 10.6. The first kappa shape index (κ1) is 11.1. The summed E-state index contributed by atoms with van der Waals surface area (Å²) in [4.78, 5) is 19.6. The van der Waals surface area contributed by atoms with Crippen molar-refractivity contribution in [3.8, 4) is 0 Å². The van der Waals surface area contributed by atoms with Crippen LogP contribution in [-0.2, 0) is 9.59 Å². The molecule has 0 aromatic rings. The first-order chi connectivity index (χ1) is 5.52. The molecule has 1 atom stereocenters. The Balaban J connectivity index is 0.000000261. The lowest BCUT2D eigenvalue weighted by Gasteiger charge is -2.17. The lowest BCUT2D eigenvalue weighted by Crippen LogP contribution is -2.35. The van der Waals surface area contributed by atoms with Crippen LogP contribution in [0.2, 0.25) is 0 Å². The molecule has 4 heteroatoms. The third kappa shape index (κ3) is 7.21. The average Bonchev–Trinajstić information content (AvgIpc) is 1.84. The lowest BCUT2D eigenvalue weighted by molar-refractivity contribution is -0.134. The van der Waals surface area contributed by atoms with E-state index < -0.39 is 5.97 Å². The standard InChI is InChI=1S/C6H11NO.C2H4O2/c1-5-4-6(8)2-3-7-5;1-2(3)4/h5,7H,2-4H2,1H3;1H3,(H,3,4)/t5-;/m0./s1. The van der Waals surface area contributed by atoms with E-state index in [2.05, 4.69) is 5.32 Å². The maximum Gasteiger partial charge on any atom is 0.300 e. The van der Waals surface area contributed by atoms with E-state index in [1.54, 1.807) is 0 Å². The summed E-state index contributed by atoms with van der Waals surface area (Å²) >= 11 is 0. The molecule has 0 radical (unpaired) electrons. The van der Waals surface area contributed by atoms with Gasteiger partial charge in [0, 0.05) is 32.4 Å². The number of Topliss-reactive ketones (excluding diaryl/α,β-unsaturated/α-hetero) is 1. The summed E-state index contributed by atoms with van der Waals surface area (Å²) in [6, 6.07) is 0.413. The molecule has 0 aromatic carbocycles. The zero-order valence-corrected chi connectivity index (χ0v) is 7.46. The topological polar surface area (TPSA) is 66.4 Å². The molecule has 1 aliphatic heterocycles. The van der Waals surface area contributed by atoms with Gasteiger partial charge in [-0.1, -0.05) is 0 Å². The minimum absolute atomic E-state index is 0.399. The van der Waals surface area contributed by atoms with Crippen LogP contribution in [0.5, 0.6) is 0 Å². The van der Waals surface area contributed by atoms with Gasteiger partial charge >= 0.3 is 0 Å². The van der Waals surface area contributed by atoms with Crippen molar-refractivity contribution >= 4 is 11.8 Å². The SMILES string of the molecule is CC(=O)O.C[C@H]1CC(=O)CCN1. The fraction of sp³-hybridized carbons (Fsp3) is 0.750. The van der Waals surface area contributed by atoms with Gasteiger partial charge in [0.2, 0.25) is 0 Å². The third-order valence-electron chi connectivity index (χ3n) is 1.43. The van der Waals surface area contributed by atoms with Crippen LogP contribution in [0.1, 0.15) is 26.7 Å². The smallest absolute Gasteiger partial charge is 0.300 e. The lowest BCUT2D eigenvalue weighted by atomic mass is 10.1. The van der Waals surface area contributed by atoms with Gasteiger partial charge in [-0.15, -0.1) is 0 Å². The number of nitrogens with one attached hydrogen (secondary N) is 1. The van der Waals surface area contributed by atoms with Crippen LogP contribution < -0.4 is 5.32 Å². The molecule has 0 amide bonds. The monoisotopic (exact) mass is 173 g/mol. The Labute approximate surface area is 72.0 Å². The van der Waals surface area contributed by atoms with Crippen LogP contribution in [0.25, 0.3) is 0 Å². The summed E-state index contributed by atoms with van der Waals surface area (Å²) in [7, 11) is 0. The van der Waals surface area contributed by atoms with Gasteiger partial charge in [-0.2, -0.15) is 0 Å². The zero-order chi connectivity index (χ0) is 9.56. The van der Waals surface area contributed by atoms with Crippen LogP contribution >= 0.6 is 0 Å². The number of aliphatic carboxylic acids is 1. The number of hydrogen-bond donors (Lipinski definition) is 2. The highest BCUT2D eigenvalue weighted by Crippen LogP contribution is 2.00. The summed E-state index contributed by atoms with van der Waals surface area (Å²) in [5.74, 6) is -0.434. The fourth-order valence-electron chi connectivity index (χ4n) is 0.974. The average molecular weight is 173 g/mol. The van der Waals surface area contributed by atoms with Crippen LogP contribution in [0.3, 0.4) is 0 Å². The van der Waals surface area contributed by atoms with Crippen molar-refractivity contribution in [1.29, 1.82) is 0 Å². The second-order valence-electron chi connectivity index (χ2n) is 2.87. The van der Waals surface area contributed by atoms with E-state index in [-0.39, 0.29) is 0 Å². The van der Waals surface area contributed by atoms with E-state index in [1.807, 2.05) is 6.92 Å². The number of hydrogen-bond acceptors (Lipinski definition) is 3. The largest absolute Gasteiger partial charge is 0.481 e. The number of ketones is 1. The van der Waals surface area contributed by atoms with Gasteiger partial charge in [0.05, 0.1) is 0 Å². The molecular weight excluding hydrogens is 158 g/mol. The predicted octanol–water partition coefficient (Wildman–Crippen LogP) is 0.418. The summed E-state index contributed by atoms with van der Waals surface area (Å²) < 4.78 is 0. The number of carbonyl (C=O) groups excluding carboxylic acids is 1. The Morgan fingerprint density at radius 3 is 2.42 bits per heavy atom. The Morgan fingerprint density at radius 1 is 1.67 bits per heavy atom. The number of rotatable bonds is 0. The van der Waals surface area contributed by atoms with Crippen LogP contribution in [-0.4, -0.2) is 29.4 Å². The second kappa shape index (κ2) is 5.71. The van der Waals surface area contributed by atoms with Crippen LogP contribution in [0, 0.1) is 0 Å². The Bertz CT molecular complexity index is 164. The van der Waals surface area contributed by atoms with Crippen molar-refractivity contribution in [2.24, 2.45) is 0 Å². The van der Waals surface area contributed by atoms with Gasteiger partial charge in [-0.05, 0) is 6.92 Å². The molecule has 0 saturated carbocycles. The van der Waals surface area contributed by atoms with Gasteiger partial charge in [-0.3, -0.25) is 9.59 Å². The Hall–Kier alpha value is -0.900. The normalized spacial score (nSPS) is 22.5. The van der Waals surface area contributed by atoms with Crippen molar-refractivity contribution in [3.63, 3.8) is 0 Å². The molecule has 4 nitrogen and oxygen atoms in total. The second-order valence-corrected chi connectivity index (χ2v) is 2.87. The highest BCUT2D eigenvalue weighted by Gasteiger charge is 2.13. The molecule has 2 N–H and O–H groups in total. The van der Waals surface area contributed by atoms with Crippen molar-refractivity contribution in [2.75, 3.05) is 6.54 Å². The number of carbonyl (C=O) groups is 2. The van der Waals surface area contributed by atoms with Crippen molar-refractivity contribution < 1.29 is 14.7 Å².